The van der Waals surface area contributed by atoms with Crippen LogP contribution < -0.4 is 5.73 Å². The van der Waals surface area contributed by atoms with E-state index >= 15 is 0 Å². The molecule has 0 aromatic heterocycles. The molecular weight excluding hydrogens is 170 g/mol. The number of allylic oxidation sites excluding steroid dienone is 3. The zero-order valence-corrected chi connectivity index (χ0v) is 9.76. The van der Waals surface area contributed by atoms with E-state index in [9.17, 15) is 0 Å². The first-order valence-electron chi connectivity index (χ1n) is 5.73. The van der Waals surface area contributed by atoms with Crippen LogP contribution in [0.3, 0.4) is 0 Å². The Bertz CT molecular complexity index is 170. The summed E-state index contributed by atoms with van der Waals surface area (Å²) in [6, 6.07) is 0. The molecule has 0 aliphatic rings. The first-order chi connectivity index (χ1) is 6.76. The van der Waals surface area contributed by atoms with E-state index in [1.807, 2.05) is 6.08 Å². The number of unbranched alkanes of at least 4 members (excludes halogenated alkanes) is 1. The Morgan fingerprint density at radius 1 is 1.43 bits per heavy atom. The largest absolute Gasteiger partial charge is 0.330 e. The van der Waals surface area contributed by atoms with Gasteiger partial charge in [-0.2, -0.15) is 0 Å². The lowest BCUT2D eigenvalue weighted by Crippen LogP contribution is -2.05. The molecule has 0 rings (SSSR count). The van der Waals surface area contributed by atoms with Crippen molar-refractivity contribution in [2.45, 2.75) is 46.0 Å². The molecule has 0 bridgehead atoms. The minimum Gasteiger partial charge on any atom is -0.330 e. The van der Waals surface area contributed by atoms with Crippen molar-refractivity contribution >= 4 is 0 Å². The maximum absolute atomic E-state index is 5.52. The summed E-state index contributed by atoms with van der Waals surface area (Å²) >= 11 is 0. The van der Waals surface area contributed by atoms with Crippen molar-refractivity contribution in [2.75, 3.05) is 6.54 Å². The van der Waals surface area contributed by atoms with Crippen molar-refractivity contribution in [3.05, 3.63) is 24.3 Å². The Kier molecular flexibility index (Phi) is 8.65. The number of hydrogen-bond acceptors (Lipinski definition) is 1. The third-order valence-electron chi connectivity index (χ3n) is 2.73. The van der Waals surface area contributed by atoms with E-state index in [-0.39, 0.29) is 0 Å². The van der Waals surface area contributed by atoms with Crippen LogP contribution in [0.2, 0.25) is 0 Å². The van der Waals surface area contributed by atoms with Gasteiger partial charge in [-0.25, -0.2) is 0 Å². The monoisotopic (exact) mass is 195 g/mol. The van der Waals surface area contributed by atoms with Crippen LogP contribution in [0, 0.1) is 5.92 Å². The Labute approximate surface area is 89.1 Å². The summed E-state index contributed by atoms with van der Waals surface area (Å²) in [5.74, 6) is 0.739. The molecule has 0 aliphatic carbocycles. The molecule has 82 valence electrons. The maximum atomic E-state index is 5.52. The van der Waals surface area contributed by atoms with Crippen LogP contribution in [0.15, 0.2) is 24.3 Å². The van der Waals surface area contributed by atoms with Gasteiger partial charge in [-0.3, -0.25) is 0 Å². The van der Waals surface area contributed by atoms with Crippen molar-refractivity contribution in [1.29, 1.82) is 0 Å². The summed E-state index contributed by atoms with van der Waals surface area (Å²) < 4.78 is 0. The van der Waals surface area contributed by atoms with Crippen LogP contribution in [-0.4, -0.2) is 6.54 Å². The zero-order chi connectivity index (χ0) is 10.8. The van der Waals surface area contributed by atoms with Crippen LogP contribution in [-0.2, 0) is 0 Å². The summed E-state index contributed by atoms with van der Waals surface area (Å²) in [6.45, 7) is 9.04. The quantitative estimate of drug-likeness (QED) is 0.464. The highest BCUT2D eigenvalue weighted by molar-refractivity contribution is 5.03. The van der Waals surface area contributed by atoms with E-state index in [0.717, 1.165) is 31.7 Å². The van der Waals surface area contributed by atoms with Crippen molar-refractivity contribution < 1.29 is 0 Å². The predicted molar refractivity (Wildman–Crippen MR) is 65.3 cm³/mol. The fourth-order valence-electron chi connectivity index (χ4n) is 1.71. The van der Waals surface area contributed by atoms with Gasteiger partial charge in [-0.05, 0) is 51.5 Å². The van der Waals surface area contributed by atoms with Gasteiger partial charge < -0.3 is 5.73 Å². The van der Waals surface area contributed by atoms with Gasteiger partial charge >= 0.3 is 0 Å². The van der Waals surface area contributed by atoms with Crippen LogP contribution >= 0.6 is 0 Å². The SMILES string of the molecule is C=CCC/C=C(\C)C(CC)CCCN. The lowest BCUT2D eigenvalue weighted by atomic mass is 9.92. The Morgan fingerprint density at radius 2 is 2.14 bits per heavy atom. The topological polar surface area (TPSA) is 26.0 Å². The standard InChI is InChI=1S/C13H25N/c1-4-6-7-9-12(3)13(5-2)10-8-11-14/h4,9,13H,1,5-8,10-11,14H2,2-3H3/b12-9+. The molecule has 0 saturated carbocycles. The highest BCUT2D eigenvalue weighted by atomic mass is 14.5. The van der Waals surface area contributed by atoms with E-state index < -0.39 is 0 Å². The van der Waals surface area contributed by atoms with Gasteiger partial charge in [0.2, 0.25) is 0 Å². The average molecular weight is 195 g/mol. The molecule has 0 fully saturated rings. The van der Waals surface area contributed by atoms with E-state index in [1.165, 1.54) is 18.4 Å². The molecule has 1 nitrogen and oxygen atoms in total. The smallest absolute Gasteiger partial charge is 0.00771 e. The van der Waals surface area contributed by atoms with Gasteiger partial charge in [-0.1, -0.05) is 24.6 Å². The molecule has 0 amide bonds. The molecule has 0 aliphatic heterocycles. The Balaban J connectivity index is 3.94. The molecule has 1 heteroatoms. The van der Waals surface area contributed by atoms with Gasteiger partial charge in [0.25, 0.3) is 0 Å². The molecule has 0 spiro atoms. The second-order valence-corrected chi connectivity index (χ2v) is 3.85. The second-order valence-electron chi connectivity index (χ2n) is 3.85. The number of rotatable bonds is 8. The van der Waals surface area contributed by atoms with Crippen molar-refractivity contribution in [1.82, 2.24) is 0 Å². The van der Waals surface area contributed by atoms with Gasteiger partial charge in [-0.15, -0.1) is 6.58 Å². The molecule has 0 aromatic carbocycles. The van der Waals surface area contributed by atoms with E-state index in [2.05, 4.69) is 26.5 Å². The highest BCUT2D eigenvalue weighted by Crippen LogP contribution is 2.20. The maximum Gasteiger partial charge on any atom is -0.00771 e. The predicted octanol–water partition coefficient (Wildman–Crippen LogP) is 3.66. The van der Waals surface area contributed by atoms with Crippen molar-refractivity contribution in [3.8, 4) is 0 Å². The lowest BCUT2D eigenvalue weighted by Gasteiger charge is -2.15. The summed E-state index contributed by atoms with van der Waals surface area (Å²) in [5.41, 5.74) is 7.05. The summed E-state index contributed by atoms with van der Waals surface area (Å²) in [4.78, 5) is 0. The Hall–Kier alpha value is -0.560. The average Bonchev–Trinajstić information content (AvgIpc) is 2.19. The normalized spacial score (nSPS) is 14.1. The molecule has 0 radical (unpaired) electrons. The van der Waals surface area contributed by atoms with Gasteiger partial charge in [0.15, 0.2) is 0 Å². The molecule has 0 heterocycles. The minimum absolute atomic E-state index is 0.739. The van der Waals surface area contributed by atoms with Crippen molar-refractivity contribution in [2.24, 2.45) is 11.7 Å². The summed E-state index contributed by atoms with van der Waals surface area (Å²) in [6.07, 6.45) is 10.2. The van der Waals surface area contributed by atoms with E-state index in [4.69, 9.17) is 5.73 Å². The summed E-state index contributed by atoms with van der Waals surface area (Å²) in [7, 11) is 0. The first kappa shape index (κ1) is 13.4. The second kappa shape index (κ2) is 9.01. The van der Waals surface area contributed by atoms with E-state index in [1.54, 1.807) is 0 Å². The number of hydrogen-bond donors (Lipinski definition) is 1. The molecular formula is C13H25N. The van der Waals surface area contributed by atoms with Crippen LogP contribution in [0.5, 0.6) is 0 Å². The molecule has 14 heavy (non-hydrogen) atoms. The highest BCUT2D eigenvalue weighted by Gasteiger charge is 2.06. The molecule has 0 aromatic rings. The fourth-order valence-corrected chi connectivity index (χ4v) is 1.71. The third kappa shape index (κ3) is 5.98. The fraction of sp³-hybridized carbons (Fsp3) is 0.692. The third-order valence-corrected chi connectivity index (χ3v) is 2.73. The molecule has 2 N–H and O–H groups in total. The lowest BCUT2D eigenvalue weighted by molar-refractivity contribution is 0.521. The first-order valence-corrected chi connectivity index (χ1v) is 5.73. The molecule has 0 saturated heterocycles. The van der Waals surface area contributed by atoms with Crippen LogP contribution in [0.1, 0.15) is 46.0 Å². The van der Waals surface area contributed by atoms with Gasteiger partial charge in [0, 0.05) is 0 Å². The number of nitrogens with two attached hydrogens (primary N) is 1. The Morgan fingerprint density at radius 3 is 2.64 bits per heavy atom. The van der Waals surface area contributed by atoms with E-state index in [0.29, 0.717) is 0 Å². The van der Waals surface area contributed by atoms with Crippen LogP contribution in [0.4, 0.5) is 0 Å². The van der Waals surface area contributed by atoms with Crippen LogP contribution in [0.25, 0.3) is 0 Å². The zero-order valence-electron chi connectivity index (χ0n) is 9.76. The van der Waals surface area contributed by atoms with Gasteiger partial charge in [0.1, 0.15) is 0 Å². The van der Waals surface area contributed by atoms with Crippen molar-refractivity contribution in [3.63, 3.8) is 0 Å². The summed E-state index contributed by atoms with van der Waals surface area (Å²) in [5, 5.41) is 0. The van der Waals surface area contributed by atoms with Gasteiger partial charge in [0.05, 0.1) is 0 Å². The molecule has 1 unspecified atom stereocenters. The minimum atomic E-state index is 0.739. The molecule has 1 atom stereocenters.